The van der Waals surface area contributed by atoms with Crippen LogP contribution in [0.3, 0.4) is 0 Å². The molecule has 0 aliphatic rings. The summed E-state index contributed by atoms with van der Waals surface area (Å²) in [6.45, 7) is 1.01. The Hall–Kier alpha value is -4.71. The Bertz CT molecular complexity index is 1550. The van der Waals surface area contributed by atoms with Crippen LogP contribution >= 0.6 is 11.6 Å². The molecule has 2 aromatic heterocycles. The van der Waals surface area contributed by atoms with Gasteiger partial charge in [0.25, 0.3) is 5.69 Å². The fourth-order valence-corrected chi connectivity index (χ4v) is 3.72. The van der Waals surface area contributed by atoms with E-state index >= 15 is 0 Å². The largest absolute Gasteiger partial charge is 0.460 e. The van der Waals surface area contributed by atoms with E-state index in [1.54, 1.807) is 6.92 Å². The summed E-state index contributed by atoms with van der Waals surface area (Å²) in [6, 6.07) is 8.73. The molecule has 0 radical (unpaired) electrons. The summed E-state index contributed by atoms with van der Waals surface area (Å²) in [5, 5.41) is 11.4. The third-order valence-electron chi connectivity index (χ3n) is 5.32. The number of aldehydes is 1. The van der Waals surface area contributed by atoms with Gasteiger partial charge in [-0.25, -0.2) is 19.0 Å². The van der Waals surface area contributed by atoms with Gasteiger partial charge in [0.1, 0.15) is 35.8 Å². The van der Waals surface area contributed by atoms with Crippen molar-refractivity contribution >= 4 is 46.4 Å². The zero-order valence-electron chi connectivity index (χ0n) is 19.6. The molecule has 4 rings (SSSR count). The standard InChI is InChI=1S/C25H17ClFN3O8/c1-2-36-25(33)22-20(12-37-24(32)13-3-5-17(6-4-13)30(34)35)29-23(38-22)18(11-31)14-7-15-8-16(26)10-28-21(15)19(27)9-14/h3-11,18H,2,12H2,1H3. The topological polar surface area (TPSA) is 152 Å². The van der Waals surface area contributed by atoms with E-state index in [-0.39, 0.29) is 45.5 Å². The van der Waals surface area contributed by atoms with Crippen molar-refractivity contribution in [3.8, 4) is 0 Å². The summed E-state index contributed by atoms with van der Waals surface area (Å²) in [6.07, 6.45) is 1.74. The van der Waals surface area contributed by atoms with E-state index in [2.05, 4.69) is 9.97 Å². The molecule has 11 nitrogen and oxygen atoms in total. The Balaban J connectivity index is 1.65. The number of nitro benzene ring substituents is 1. The maximum absolute atomic E-state index is 14.7. The van der Waals surface area contributed by atoms with Crippen molar-refractivity contribution in [1.82, 2.24) is 9.97 Å². The van der Waals surface area contributed by atoms with Crippen molar-refractivity contribution in [3.05, 3.63) is 98.1 Å². The number of halogens is 2. The second-order valence-corrected chi connectivity index (χ2v) is 8.21. The number of hydrogen-bond acceptors (Lipinski definition) is 10. The molecular weight excluding hydrogens is 525 g/mol. The summed E-state index contributed by atoms with van der Waals surface area (Å²) >= 11 is 5.96. The minimum atomic E-state index is -1.24. The van der Waals surface area contributed by atoms with Crippen LogP contribution in [0, 0.1) is 15.9 Å². The average Bonchev–Trinajstić information content (AvgIpc) is 3.31. The number of hydrogen-bond donors (Lipinski definition) is 0. The highest BCUT2D eigenvalue weighted by molar-refractivity contribution is 6.31. The Labute approximate surface area is 218 Å². The molecule has 4 aromatic rings. The second-order valence-electron chi connectivity index (χ2n) is 7.77. The predicted molar refractivity (Wildman–Crippen MR) is 129 cm³/mol. The van der Waals surface area contributed by atoms with Gasteiger partial charge in [-0.3, -0.25) is 15.1 Å². The van der Waals surface area contributed by atoms with Crippen LogP contribution in [-0.2, 0) is 20.9 Å². The molecule has 0 fully saturated rings. The highest BCUT2D eigenvalue weighted by Gasteiger charge is 2.28. The third-order valence-corrected chi connectivity index (χ3v) is 5.52. The number of oxazole rings is 1. The third kappa shape index (κ3) is 5.49. The number of carbonyl (C=O) groups is 3. The molecule has 194 valence electrons. The highest BCUT2D eigenvalue weighted by Crippen LogP contribution is 2.30. The monoisotopic (exact) mass is 541 g/mol. The first-order valence-corrected chi connectivity index (χ1v) is 11.4. The van der Waals surface area contributed by atoms with E-state index in [0.717, 1.165) is 18.2 Å². The van der Waals surface area contributed by atoms with E-state index in [1.807, 2.05) is 0 Å². The number of non-ortho nitro benzene ring substituents is 1. The van der Waals surface area contributed by atoms with Crippen LogP contribution in [-0.4, -0.2) is 39.7 Å². The number of nitro groups is 1. The van der Waals surface area contributed by atoms with Gasteiger partial charge in [-0.1, -0.05) is 11.6 Å². The van der Waals surface area contributed by atoms with Crippen LogP contribution in [0.5, 0.6) is 0 Å². The van der Waals surface area contributed by atoms with E-state index in [9.17, 15) is 28.9 Å². The molecule has 0 amide bonds. The number of benzene rings is 2. The number of nitrogens with zero attached hydrogens (tertiary/aromatic N) is 3. The van der Waals surface area contributed by atoms with Crippen molar-refractivity contribution in [2.24, 2.45) is 0 Å². The molecule has 0 aliphatic heterocycles. The summed E-state index contributed by atoms with van der Waals surface area (Å²) in [7, 11) is 0. The molecule has 0 aliphatic carbocycles. The van der Waals surface area contributed by atoms with Crippen molar-refractivity contribution < 1.29 is 37.6 Å². The van der Waals surface area contributed by atoms with Gasteiger partial charge in [0.15, 0.2) is 0 Å². The molecule has 0 bridgehead atoms. The fraction of sp³-hybridized carbons (Fsp3) is 0.160. The summed E-state index contributed by atoms with van der Waals surface area (Å²) in [5.41, 5.74) is -0.148. The fourth-order valence-electron chi connectivity index (χ4n) is 3.55. The summed E-state index contributed by atoms with van der Waals surface area (Å²) in [4.78, 5) is 55.2. The zero-order chi connectivity index (χ0) is 27.4. The molecule has 2 heterocycles. The number of pyridine rings is 1. The van der Waals surface area contributed by atoms with Gasteiger partial charge < -0.3 is 18.7 Å². The second kappa shape index (κ2) is 11.1. The van der Waals surface area contributed by atoms with Gasteiger partial charge in [0, 0.05) is 23.7 Å². The Morgan fingerprint density at radius 1 is 1.18 bits per heavy atom. The molecule has 13 heteroatoms. The van der Waals surface area contributed by atoms with Crippen molar-refractivity contribution in [2.75, 3.05) is 6.61 Å². The van der Waals surface area contributed by atoms with Crippen LogP contribution in [0.25, 0.3) is 10.9 Å². The van der Waals surface area contributed by atoms with E-state index in [1.165, 1.54) is 30.5 Å². The predicted octanol–water partition coefficient (Wildman–Crippen LogP) is 4.79. The normalized spacial score (nSPS) is 11.7. The van der Waals surface area contributed by atoms with Crippen LogP contribution in [0.15, 0.2) is 53.1 Å². The van der Waals surface area contributed by atoms with Gasteiger partial charge in [-0.05, 0) is 42.8 Å². The van der Waals surface area contributed by atoms with Crippen LogP contribution < -0.4 is 0 Å². The highest BCUT2D eigenvalue weighted by atomic mass is 35.5. The van der Waals surface area contributed by atoms with Gasteiger partial charge in [-0.15, -0.1) is 0 Å². The number of fused-ring (bicyclic) bond motifs is 1. The molecule has 0 saturated heterocycles. The van der Waals surface area contributed by atoms with Gasteiger partial charge in [0.05, 0.1) is 22.1 Å². The molecule has 1 unspecified atom stereocenters. The molecule has 2 aromatic carbocycles. The number of esters is 2. The van der Waals surface area contributed by atoms with Gasteiger partial charge >= 0.3 is 11.9 Å². The van der Waals surface area contributed by atoms with Crippen LogP contribution in [0.1, 0.15) is 50.9 Å². The van der Waals surface area contributed by atoms with Crippen LogP contribution in [0.2, 0.25) is 5.02 Å². The maximum Gasteiger partial charge on any atom is 0.376 e. The van der Waals surface area contributed by atoms with Gasteiger partial charge in [-0.2, -0.15) is 0 Å². The number of aromatic nitrogens is 2. The molecule has 1 atom stereocenters. The Morgan fingerprint density at radius 2 is 1.92 bits per heavy atom. The molecule has 38 heavy (non-hydrogen) atoms. The SMILES string of the molecule is CCOC(=O)c1oc(C(C=O)c2cc(F)c3ncc(Cl)cc3c2)nc1COC(=O)c1ccc([N+](=O)[O-])cc1. The smallest absolute Gasteiger partial charge is 0.376 e. The summed E-state index contributed by atoms with van der Waals surface area (Å²) < 4.78 is 30.4. The van der Waals surface area contributed by atoms with E-state index < -0.39 is 41.0 Å². The first-order chi connectivity index (χ1) is 18.2. The summed E-state index contributed by atoms with van der Waals surface area (Å²) in [5.74, 6) is -4.39. The maximum atomic E-state index is 14.7. The lowest BCUT2D eigenvalue weighted by molar-refractivity contribution is -0.384. The Morgan fingerprint density at radius 3 is 2.58 bits per heavy atom. The lowest BCUT2D eigenvalue weighted by atomic mass is 9.98. The van der Waals surface area contributed by atoms with Crippen LogP contribution in [0.4, 0.5) is 10.1 Å². The van der Waals surface area contributed by atoms with Crippen molar-refractivity contribution in [2.45, 2.75) is 19.4 Å². The zero-order valence-corrected chi connectivity index (χ0v) is 20.3. The van der Waals surface area contributed by atoms with Crippen molar-refractivity contribution in [3.63, 3.8) is 0 Å². The molecular formula is C25H17ClFN3O8. The number of ether oxygens (including phenoxy) is 2. The molecule has 0 saturated carbocycles. The minimum absolute atomic E-state index is 0.00234. The van der Waals surface area contributed by atoms with E-state index in [0.29, 0.717) is 11.7 Å². The molecule has 0 N–H and O–H groups in total. The van der Waals surface area contributed by atoms with E-state index in [4.69, 9.17) is 25.5 Å². The number of rotatable bonds is 9. The minimum Gasteiger partial charge on any atom is -0.460 e. The number of carbonyl (C=O) groups excluding carboxylic acids is 3. The Kier molecular flexibility index (Phi) is 7.72. The quantitative estimate of drug-likeness (QED) is 0.125. The molecule has 0 spiro atoms. The van der Waals surface area contributed by atoms with Crippen molar-refractivity contribution in [1.29, 1.82) is 0 Å². The average molecular weight is 542 g/mol. The van der Waals surface area contributed by atoms with Gasteiger partial charge in [0.2, 0.25) is 11.7 Å². The first kappa shape index (κ1) is 26.4. The first-order valence-electron chi connectivity index (χ1n) is 11.0. The lowest BCUT2D eigenvalue weighted by Crippen LogP contribution is -2.10. The lowest BCUT2D eigenvalue weighted by Gasteiger charge is -2.09.